The predicted molar refractivity (Wildman–Crippen MR) is 89.8 cm³/mol. The first-order valence-corrected chi connectivity index (χ1v) is 9.08. The topological polar surface area (TPSA) is 123 Å². The van der Waals surface area contributed by atoms with Gasteiger partial charge in [0.25, 0.3) is 0 Å². The number of nitriles is 2. The lowest BCUT2D eigenvalue weighted by Gasteiger charge is -2.20. The van der Waals surface area contributed by atoms with Gasteiger partial charge in [-0.3, -0.25) is 4.79 Å². The second-order valence-electron chi connectivity index (χ2n) is 5.02. The number of carbonyl (C=O) groups excluding carboxylic acids is 1. The van der Waals surface area contributed by atoms with Gasteiger partial charge in [0.2, 0.25) is 15.9 Å². The summed E-state index contributed by atoms with van der Waals surface area (Å²) in [5.74, 6) is 0.239. The molecule has 0 aromatic heterocycles. The Balaban J connectivity index is 2.59. The number of ether oxygens (including phenoxy) is 1. The van der Waals surface area contributed by atoms with E-state index < -0.39 is 10.0 Å². The van der Waals surface area contributed by atoms with Crippen LogP contribution in [0.3, 0.4) is 0 Å². The van der Waals surface area contributed by atoms with Gasteiger partial charge in [-0.15, -0.1) is 0 Å². The van der Waals surface area contributed by atoms with Crippen LogP contribution in [-0.4, -0.2) is 46.0 Å². The van der Waals surface area contributed by atoms with Crippen LogP contribution < -0.4 is 9.46 Å². The summed E-state index contributed by atoms with van der Waals surface area (Å²) < 4.78 is 31.7. The van der Waals surface area contributed by atoms with Crippen molar-refractivity contribution in [2.24, 2.45) is 0 Å². The molecule has 0 aliphatic carbocycles. The van der Waals surface area contributed by atoms with Crippen molar-refractivity contribution in [2.45, 2.75) is 24.2 Å². The van der Waals surface area contributed by atoms with Crippen LogP contribution in [0.15, 0.2) is 29.2 Å². The van der Waals surface area contributed by atoms with E-state index in [4.69, 9.17) is 15.3 Å². The average molecular weight is 364 g/mol. The maximum Gasteiger partial charge on any atom is 0.240 e. The molecule has 0 spiro atoms. The summed E-state index contributed by atoms with van der Waals surface area (Å²) in [6.07, 6.45) is 0.274. The molecule has 0 heterocycles. The molecule has 1 rings (SSSR count). The minimum Gasteiger partial charge on any atom is -0.497 e. The van der Waals surface area contributed by atoms with Crippen molar-refractivity contribution >= 4 is 15.9 Å². The van der Waals surface area contributed by atoms with E-state index in [0.717, 1.165) is 0 Å². The van der Waals surface area contributed by atoms with Gasteiger partial charge >= 0.3 is 0 Å². The molecule has 0 atom stereocenters. The van der Waals surface area contributed by atoms with Gasteiger partial charge in [0.05, 0.1) is 37.0 Å². The van der Waals surface area contributed by atoms with E-state index in [1.165, 1.54) is 36.3 Å². The molecule has 0 bridgehead atoms. The monoisotopic (exact) mass is 364 g/mol. The van der Waals surface area contributed by atoms with Crippen molar-refractivity contribution < 1.29 is 17.9 Å². The normalized spacial score (nSPS) is 10.5. The summed E-state index contributed by atoms with van der Waals surface area (Å²) in [4.78, 5) is 13.6. The first kappa shape index (κ1) is 20.4. The number of rotatable bonds is 10. The molecule has 0 radical (unpaired) electrons. The van der Waals surface area contributed by atoms with Crippen LogP contribution in [0.4, 0.5) is 0 Å². The minimum absolute atomic E-state index is 0.0494. The van der Waals surface area contributed by atoms with Crippen LogP contribution in [0, 0.1) is 22.7 Å². The van der Waals surface area contributed by atoms with Gasteiger partial charge in [-0.05, 0) is 24.3 Å². The second-order valence-corrected chi connectivity index (χ2v) is 6.79. The smallest absolute Gasteiger partial charge is 0.240 e. The number of carbonyl (C=O) groups is 1. The van der Waals surface area contributed by atoms with Crippen molar-refractivity contribution in [3.8, 4) is 17.9 Å². The number of methoxy groups -OCH3 is 1. The molecular weight excluding hydrogens is 344 g/mol. The Labute approximate surface area is 147 Å². The Kier molecular flexibility index (Phi) is 8.40. The quantitative estimate of drug-likeness (QED) is 0.661. The molecule has 25 heavy (non-hydrogen) atoms. The van der Waals surface area contributed by atoms with E-state index in [1.54, 1.807) is 0 Å². The summed E-state index contributed by atoms with van der Waals surface area (Å²) in [5, 5.41) is 17.2. The number of sulfonamides is 1. The maximum absolute atomic E-state index is 12.2. The van der Waals surface area contributed by atoms with Crippen LogP contribution in [0.2, 0.25) is 0 Å². The van der Waals surface area contributed by atoms with Gasteiger partial charge in [-0.1, -0.05) is 0 Å². The van der Waals surface area contributed by atoms with Gasteiger partial charge in [0.1, 0.15) is 5.75 Å². The van der Waals surface area contributed by atoms with Crippen LogP contribution in [0.1, 0.15) is 19.3 Å². The van der Waals surface area contributed by atoms with Gasteiger partial charge < -0.3 is 9.64 Å². The van der Waals surface area contributed by atoms with Crippen LogP contribution in [0.25, 0.3) is 0 Å². The fourth-order valence-corrected chi connectivity index (χ4v) is 3.05. The number of benzene rings is 1. The van der Waals surface area contributed by atoms with E-state index >= 15 is 0 Å². The molecule has 0 saturated carbocycles. The molecule has 9 heteroatoms. The zero-order valence-electron chi connectivity index (χ0n) is 13.9. The number of amides is 1. The van der Waals surface area contributed by atoms with E-state index in [1.807, 2.05) is 12.1 Å². The van der Waals surface area contributed by atoms with Crippen molar-refractivity contribution in [3.63, 3.8) is 0 Å². The summed E-state index contributed by atoms with van der Waals surface area (Å²) in [6, 6.07) is 9.77. The van der Waals surface area contributed by atoms with Crippen LogP contribution in [-0.2, 0) is 14.8 Å². The van der Waals surface area contributed by atoms with Crippen molar-refractivity contribution in [1.29, 1.82) is 10.5 Å². The van der Waals surface area contributed by atoms with Gasteiger partial charge in [0.15, 0.2) is 0 Å². The number of nitrogens with zero attached hydrogens (tertiary/aromatic N) is 3. The third kappa shape index (κ3) is 6.79. The van der Waals surface area contributed by atoms with Crippen molar-refractivity contribution in [2.75, 3.05) is 26.7 Å². The predicted octanol–water partition coefficient (Wildman–Crippen LogP) is 1.02. The third-order valence-corrected chi connectivity index (χ3v) is 4.82. The van der Waals surface area contributed by atoms with Crippen LogP contribution in [0.5, 0.6) is 5.75 Å². The molecule has 0 aliphatic rings. The summed E-state index contributed by atoms with van der Waals surface area (Å²) in [5.41, 5.74) is 0. The van der Waals surface area contributed by atoms with Gasteiger partial charge in [-0.2, -0.15) is 10.5 Å². The molecule has 134 valence electrons. The highest BCUT2D eigenvalue weighted by Crippen LogP contribution is 2.15. The first-order valence-electron chi connectivity index (χ1n) is 7.60. The molecule has 0 saturated heterocycles. The molecule has 1 amide bonds. The van der Waals surface area contributed by atoms with E-state index in [9.17, 15) is 13.2 Å². The lowest BCUT2D eigenvalue weighted by atomic mass is 10.3. The Morgan fingerprint density at radius 1 is 1.16 bits per heavy atom. The molecular formula is C16H20N4O4S. The highest BCUT2D eigenvalue weighted by molar-refractivity contribution is 7.89. The molecule has 0 unspecified atom stereocenters. The summed E-state index contributed by atoms with van der Waals surface area (Å²) in [6.45, 7) is 0.382. The van der Waals surface area contributed by atoms with Crippen molar-refractivity contribution in [1.82, 2.24) is 9.62 Å². The number of nitrogens with one attached hydrogen (secondary N) is 1. The number of hydrogen-bond acceptors (Lipinski definition) is 6. The van der Waals surface area contributed by atoms with Crippen molar-refractivity contribution in [3.05, 3.63) is 24.3 Å². The summed E-state index contributed by atoms with van der Waals surface area (Å²) >= 11 is 0. The van der Waals surface area contributed by atoms with Crippen LogP contribution >= 0.6 is 0 Å². The highest BCUT2D eigenvalue weighted by atomic mass is 32.2. The molecule has 0 aliphatic heterocycles. The largest absolute Gasteiger partial charge is 0.497 e. The zero-order chi connectivity index (χ0) is 18.7. The molecule has 8 nitrogen and oxygen atoms in total. The lowest BCUT2D eigenvalue weighted by molar-refractivity contribution is -0.130. The van der Waals surface area contributed by atoms with Gasteiger partial charge in [0, 0.05) is 26.1 Å². The second kappa shape index (κ2) is 10.3. The molecule has 1 N–H and O–H groups in total. The molecule has 0 fully saturated rings. The lowest BCUT2D eigenvalue weighted by Crippen LogP contribution is -2.35. The minimum atomic E-state index is -3.72. The fourth-order valence-electron chi connectivity index (χ4n) is 2.02. The average Bonchev–Trinajstić information content (AvgIpc) is 2.61. The Morgan fingerprint density at radius 2 is 1.72 bits per heavy atom. The Bertz CT molecular complexity index is 730. The Hall–Kier alpha value is -2.62. The zero-order valence-corrected chi connectivity index (χ0v) is 14.8. The Morgan fingerprint density at radius 3 is 2.20 bits per heavy atom. The number of hydrogen-bond donors (Lipinski definition) is 1. The fraction of sp³-hybridized carbons (Fsp3) is 0.438. The van der Waals surface area contributed by atoms with E-state index in [-0.39, 0.29) is 49.7 Å². The van der Waals surface area contributed by atoms with Gasteiger partial charge in [-0.25, -0.2) is 13.1 Å². The third-order valence-electron chi connectivity index (χ3n) is 3.34. The molecule has 1 aromatic rings. The SMILES string of the molecule is COc1ccc(S(=O)(=O)NCCC(=O)N(CCC#N)CCC#N)cc1. The summed E-state index contributed by atoms with van der Waals surface area (Å²) in [7, 11) is -2.24. The van der Waals surface area contributed by atoms with E-state index in [0.29, 0.717) is 5.75 Å². The first-order chi connectivity index (χ1) is 11.9. The molecule has 1 aromatic carbocycles. The standard InChI is InChI=1S/C16H20N4O4S/c1-24-14-4-6-15(7-5-14)25(22,23)19-11-8-16(21)20(12-2-9-17)13-3-10-18/h4-7,19H,2-3,8,11-13H2,1H3. The maximum atomic E-state index is 12.2. The van der Waals surface area contributed by atoms with E-state index in [2.05, 4.69) is 4.72 Å². The highest BCUT2D eigenvalue weighted by Gasteiger charge is 2.17.